The highest BCUT2D eigenvalue weighted by molar-refractivity contribution is 5.78. The molecule has 1 N–H and O–H groups in total. The molecule has 0 saturated carbocycles. The normalized spacial score (nSPS) is 21.9. The molecule has 0 aliphatic carbocycles. The molecule has 2 aliphatic rings. The number of carbonyl (C=O) groups excluding carboxylic acids is 1. The number of carbonyl (C=O) groups is 1. The van der Waals surface area contributed by atoms with Crippen LogP contribution < -0.4 is 4.74 Å². The van der Waals surface area contributed by atoms with Crippen LogP contribution >= 0.6 is 0 Å². The Hall–Kier alpha value is -2.45. The summed E-state index contributed by atoms with van der Waals surface area (Å²) in [6.45, 7) is 9.08. The minimum absolute atomic E-state index is 0.0102. The van der Waals surface area contributed by atoms with Gasteiger partial charge in [0, 0.05) is 32.1 Å². The van der Waals surface area contributed by atoms with Crippen molar-refractivity contribution in [2.45, 2.75) is 59.0 Å². The highest BCUT2D eigenvalue weighted by atomic mass is 16.5. The SMILES string of the molecule is COc1ccc(CN2C[C@@H](O)C[C@H]2c2nnc3n2CCN(C(=O)C(C)C)C3)cc1C. The molecule has 4 rings (SSSR count). The summed E-state index contributed by atoms with van der Waals surface area (Å²) in [6.07, 6.45) is 0.256. The summed E-state index contributed by atoms with van der Waals surface area (Å²) in [7, 11) is 1.68. The van der Waals surface area contributed by atoms with E-state index < -0.39 is 0 Å². The summed E-state index contributed by atoms with van der Waals surface area (Å²) in [6, 6.07) is 6.21. The van der Waals surface area contributed by atoms with Gasteiger partial charge in [-0.3, -0.25) is 9.69 Å². The number of aliphatic hydroxyl groups excluding tert-OH is 1. The van der Waals surface area contributed by atoms with E-state index in [9.17, 15) is 9.90 Å². The van der Waals surface area contributed by atoms with E-state index in [2.05, 4.69) is 31.8 Å². The summed E-state index contributed by atoms with van der Waals surface area (Å²) in [5.74, 6) is 2.73. The van der Waals surface area contributed by atoms with Gasteiger partial charge in [-0.1, -0.05) is 26.0 Å². The van der Waals surface area contributed by atoms with Crippen LogP contribution in [0, 0.1) is 12.8 Å². The monoisotopic (exact) mass is 413 g/mol. The van der Waals surface area contributed by atoms with Gasteiger partial charge >= 0.3 is 0 Å². The standard InChI is InChI=1S/C22H31N5O3/c1-14(2)22(29)25-7-8-27-20(13-25)23-24-21(27)18-10-17(28)12-26(18)11-16-5-6-19(30-4)15(3)9-16/h5-6,9,14,17-18,28H,7-8,10-13H2,1-4H3/t17-,18-/m0/s1. The summed E-state index contributed by atoms with van der Waals surface area (Å²) >= 11 is 0. The highest BCUT2D eigenvalue weighted by Gasteiger charge is 2.37. The van der Waals surface area contributed by atoms with E-state index in [0.717, 1.165) is 29.5 Å². The number of nitrogens with zero attached hydrogens (tertiary/aromatic N) is 5. The minimum atomic E-state index is -0.384. The van der Waals surface area contributed by atoms with Gasteiger partial charge in [-0.05, 0) is 30.5 Å². The summed E-state index contributed by atoms with van der Waals surface area (Å²) in [4.78, 5) is 16.5. The first-order chi connectivity index (χ1) is 14.4. The van der Waals surface area contributed by atoms with Crippen LogP contribution in [0.25, 0.3) is 0 Å². The number of fused-ring (bicyclic) bond motifs is 1. The number of rotatable bonds is 5. The average molecular weight is 414 g/mol. The molecule has 30 heavy (non-hydrogen) atoms. The molecule has 162 valence electrons. The van der Waals surface area contributed by atoms with Crippen molar-refractivity contribution >= 4 is 5.91 Å². The second-order valence-electron chi connectivity index (χ2n) is 8.68. The van der Waals surface area contributed by atoms with E-state index in [0.29, 0.717) is 32.6 Å². The Morgan fingerprint density at radius 3 is 2.80 bits per heavy atom. The Morgan fingerprint density at radius 1 is 1.30 bits per heavy atom. The quantitative estimate of drug-likeness (QED) is 0.806. The van der Waals surface area contributed by atoms with Crippen molar-refractivity contribution in [3.8, 4) is 5.75 Å². The second kappa shape index (κ2) is 8.35. The van der Waals surface area contributed by atoms with E-state index in [4.69, 9.17) is 4.74 Å². The molecule has 8 nitrogen and oxygen atoms in total. The summed E-state index contributed by atoms with van der Waals surface area (Å²) < 4.78 is 7.50. The topological polar surface area (TPSA) is 83.7 Å². The van der Waals surface area contributed by atoms with Crippen LogP contribution in [0.2, 0.25) is 0 Å². The van der Waals surface area contributed by atoms with Crippen molar-refractivity contribution in [3.05, 3.63) is 41.0 Å². The maximum atomic E-state index is 12.4. The maximum absolute atomic E-state index is 12.4. The van der Waals surface area contributed by atoms with Gasteiger partial charge < -0.3 is 19.3 Å². The second-order valence-corrected chi connectivity index (χ2v) is 8.68. The molecule has 1 amide bonds. The highest BCUT2D eigenvalue weighted by Crippen LogP contribution is 2.34. The van der Waals surface area contributed by atoms with Gasteiger partial charge in [-0.25, -0.2) is 0 Å². The molecule has 8 heteroatoms. The van der Waals surface area contributed by atoms with Crippen LogP contribution in [0.1, 0.15) is 49.1 Å². The molecule has 1 aromatic carbocycles. The number of hydrogen-bond donors (Lipinski definition) is 1. The lowest BCUT2D eigenvalue weighted by Crippen LogP contribution is -2.41. The zero-order valence-corrected chi connectivity index (χ0v) is 18.2. The van der Waals surface area contributed by atoms with Crippen LogP contribution in [0.4, 0.5) is 0 Å². The van der Waals surface area contributed by atoms with Gasteiger partial charge in [0.25, 0.3) is 0 Å². The van der Waals surface area contributed by atoms with Crippen LogP contribution in [-0.2, 0) is 24.4 Å². The van der Waals surface area contributed by atoms with Crippen molar-refractivity contribution < 1.29 is 14.6 Å². The van der Waals surface area contributed by atoms with Crippen LogP contribution in [0.15, 0.2) is 18.2 Å². The number of likely N-dealkylation sites (tertiary alicyclic amines) is 1. The molecule has 2 aromatic rings. The molecule has 0 radical (unpaired) electrons. The van der Waals surface area contributed by atoms with Crippen molar-refractivity contribution in [2.24, 2.45) is 5.92 Å². The van der Waals surface area contributed by atoms with Gasteiger partial charge in [0.2, 0.25) is 5.91 Å². The molecule has 1 aromatic heterocycles. The fraction of sp³-hybridized carbons (Fsp3) is 0.591. The van der Waals surface area contributed by atoms with Gasteiger partial charge in [0.05, 0.1) is 25.8 Å². The van der Waals surface area contributed by atoms with Crippen LogP contribution in [-0.4, -0.2) is 61.9 Å². The van der Waals surface area contributed by atoms with Crippen molar-refractivity contribution in [1.82, 2.24) is 24.6 Å². The number of methoxy groups -OCH3 is 1. The first kappa shape index (κ1) is 20.8. The fourth-order valence-corrected chi connectivity index (χ4v) is 4.58. The van der Waals surface area contributed by atoms with E-state index in [1.807, 2.05) is 31.7 Å². The number of aliphatic hydroxyl groups is 1. The predicted molar refractivity (Wildman–Crippen MR) is 112 cm³/mol. The Morgan fingerprint density at radius 2 is 2.10 bits per heavy atom. The largest absolute Gasteiger partial charge is 0.496 e. The summed E-state index contributed by atoms with van der Waals surface area (Å²) in [5, 5.41) is 19.3. The van der Waals surface area contributed by atoms with E-state index in [1.54, 1.807) is 7.11 Å². The molecular formula is C22H31N5O3. The maximum Gasteiger partial charge on any atom is 0.225 e. The zero-order valence-electron chi connectivity index (χ0n) is 18.2. The van der Waals surface area contributed by atoms with Crippen molar-refractivity contribution in [1.29, 1.82) is 0 Å². The van der Waals surface area contributed by atoms with E-state index >= 15 is 0 Å². The number of aryl methyl sites for hydroxylation is 1. The molecule has 0 unspecified atom stereocenters. The Labute approximate surface area is 177 Å². The number of hydrogen-bond acceptors (Lipinski definition) is 6. The Kier molecular flexibility index (Phi) is 5.79. The molecule has 2 aliphatic heterocycles. The molecule has 0 bridgehead atoms. The average Bonchev–Trinajstić information content (AvgIpc) is 3.29. The van der Waals surface area contributed by atoms with Crippen molar-refractivity contribution in [3.63, 3.8) is 0 Å². The third-order valence-corrected chi connectivity index (χ3v) is 6.11. The first-order valence-electron chi connectivity index (χ1n) is 10.6. The lowest BCUT2D eigenvalue weighted by molar-refractivity contribution is -0.136. The number of ether oxygens (including phenoxy) is 1. The first-order valence-corrected chi connectivity index (χ1v) is 10.6. The summed E-state index contributed by atoms with van der Waals surface area (Å²) in [5.41, 5.74) is 2.28. The molecular weight excluding hydrogens is 382 g/mol. The van der Waals surface area contributed by atoms with Gasteiger partial charge in [-0.2, -0.15) is 0 Å². The number of amides is 1. The molecule has 0 spiro atoms. The van der Waals surface area contributed by atoms with Gasteiger partial charge in [0.15, 0.2) is 11.6 Å². The smallest absolute Gasteiger partial charge is 0.225 e. The lowest BCUT2D eigenvalue weighted by Gasteiger charge is -2.31. The van der Waals surface area contributed by atoms with E-state index in [-0.39, 0.29) is 24.0 Å². The third-order valence-electron chi connectivity index (χ3n) is 6.11. The predicted octanol–water partition coefficient (Wildman–Crippen LogP) is 1.90. The number of β-amino-alcohol motifs (C(OH)–C–C–N with tert-alkyl or cyclic N) is 1. The fourth-order valence-electron chi connectivity index (χ4n) is 4.58. The Bertz CT molecular complexity index is 925. The number of benzene rings is 1. The Balaban J connectivity index is 1.53. The molecule has 2 atom stereocenters. The lowest BCUT2D eigenvalue weighted by atomic mass is 10.1. The molecule has 1 fully saturated rings. The van der Waals surface area contributed by atoms with Crippen molar-refractivity contribution in [2.75, 3.05) is 20.2 Å². The van der Waals surface area contributed by atoms with Crippen LogP contribution in [0.5, 0.6) is 5.75 Å². The third kappa shape index (κ3) is 3.94. The minimum Gasteiger partial charge on any atom is -0.496 e. The van der Waals surface area contributed by atoms with E-state index in [1.165, 1.54) is 5.56 Å². The van der Waals surface area contributed by atoms with Gasteiger partial charge in [-0.15, -0.1) is 10.2 Å². The zero-order chi connectivity index (χ0) is 21.4. The number of aromatic nitrogens is 3. The molecule has 1 saturated heterocycles. The molecule has 3 heterocycles. The van der Waals surface area contributed by atoms with Gasteiger partial charge in [0.1, 0.15) is 5.75 Å². The van der Waals surface area contributed by atoms with Crippen LogP contribution in [0.3, 0.4) is 0 Å².